The summed E-state index contributed by atoms with van der Waals surface area (Å²) in [5.41, 5.74) is -0.431. The van der Waals surface area contributed by atoms with Gasteiger partial charge in [0, 0.05) is 44.3 Å². The molecule has 0 heterocycles. The molecule has 88 heavy (non-hydrogen) atoms. The van der Waals surface area contributed by atoms with Gasteiger partial charge >= 0.3 is 17.9 Å². The van der Waals surface area contributed by atoms with Crippen LogP contribution in [0.3, 0.4) is 0 Å². The van der Waals surface area contributed by atoms with Gasteiger partial charge in [-0.05, 0) is 139 Å². The van der Waals surface area contributed by atoms with Crippen LogP contribution in [0.5, 0.6) is 0 Å². The summed E-state index contributed by atoms with van der Waals surface area (Å²) in [6, 6.07) is 7.05. The van der Waals surface area contributed by atoms with Crippen LogP contribution in [0.15, 0.2) is 65.7 Å². The van der Waals surface area contributed by atoms with E-state index in [4.69, 9.17) is 18.9 Å². The number of nitrogens with one attached hydrogen (secondary N) is 1. The van der Waals surface area contributed by atoms with Crippen molar-refractivity contribution >= 4 is 30.0 Å². The van der Waals surface area contributed by atoms with Gasteiger partial charge in [0.05, 0.1) is 13.0 Å². The summed E-state index contributed by atoms with van der Waals surface area (Å²) < 4.78 is 24.0. The maximum absolute atomic E-state index is 13.8. The third-order valence-corrected chi connectivity index (χ3v) is 16.4. The zero-order valence-corrected chi connectivity index (χ0v) is 56.9. The van der Waals surface area contributed by atoms with Crippen LogP contribution in [0, 0.1) is 5.92 Å². The van der Waals surface area contributed by atoms with E-state index in [2.05, 4.69) is 67.5 Å². The van der Waals surface area contributed by atoms with E-state index in [9.17, 15) is 29.4 Å². The lowest BCUT2D eigenvalue weighted by Gasteiger charge is -2.33. The molecule has 12 heteroatoms. The number of hydrogen-bond acceptors (Lipinski definition) is 11. The third-order valence-electron chi connectivity index (χ3n) is 16.4. The Labute approximate surface area is 538 Å². The van der Waals surface area contributed by atoms with E-state index < -0.39 is 43.0 Å². The molecule has 0 bridgehead atoms. The molecule has 1 aromatic rings. The summed E-state index contributed by atoms with van der Waals surface area (Å²) in [7, 11) is 0. The molecule has 0 fully saturated rings. The highest BCUT2D eigenvalue weighted by Crippen LogP contribution is 2.22. The van der Waals surface area contributed by atoms with Crippen molar-refractivity contribution in [3.63, 3.8) is 0 Å². The molecule has 506 valence electrons. The highest BCUT2D eigenvalue weighted by Gasteiger charge is 2.39. The van der Waals surface area contributed by atoms with Gasteiger partial charge in [0.25, 0.3) is 5.91 Å². The van der Waals surface area contributed by atoms with E-state index in [1.54, 1.807) is 30.5 Å². The Morgan fingerprint density at radius 2 is 0.864 bits per heavy atom. The summed E-state index contributed by atoms with van der Waals surface area (Å²) in [6.07, 6.45) is 62.6. The van der Waals surface area contributed by atoms with Crippen molar-refractivity contribution in [3.8, 4) is 0 Å². The Morgan fingerprint density at radius 1 is 0.477 bits per heavy atom. The molecule has 1 aromatic carbocycles. The molecule has 12 nitrogen and oxygen atoms in total. The first kappa shape index (κ1) is 81.9. The monoisotopic (exact) mass is 1230 g/mol. The van der Waals surface area contributed by atoms with Gasteiger partial charge in [0.2, 0.25) is 5.60 Å². The van der Waals surface area contributed by atoms with Crippen LogP contribution >= 0.6 is 0 Å². The molecule has 2 unspecified atom stereocenters. The Balaban J connectivity index is 3.00. The lowest BCUT2D eigenvalue weighted by atomic mass is 10.1. The number of nitrogens with zero attached hydrogens (tertiary/aromatic N) is 1. The van der Waals surface area contributed by atoms with Gasteiger partial charge in [0.1, 0.15) is 13.2 Å². The van der Waals surface area contributed by atoms with Gasteiger partial charge in [-0.3, -0.25) is 24.2 Å². The average molecular weight is 1230 g/mol. The van der Waals surface area contributed by atoms with Crippen LogP contribution in [-0.2, 0) is 33.3 Å². The minimum Gasteiger partial charge on any atom is -0.461 e. The molecule has 0 saturated carbocycles. The SMILES string of the molecule is CCCCCCCCC=CCCCCCCCC(=O)OCC(COC(=O)CCCCCCCC=CCCCCCCCC)(COC(O)CCCCCCCC=CCCCCCCCC)OC(=O)CCN=Cc1ccc(C(=O)NCCCCC(C)CO)cc1. The van der Waals surface area contributed by atoms with Crippen LogP contribution in [0.1, 0.15) is 339 Å². The summed E-state index contributed by atoms with van der Waals surface area (Å²) >= 11 is 0. The summed E-state index contributed by atoms with van der Waals surface area (Å²) in [4.78, 5) is 57.8. The average Bonchev–Trinajstić information content (AvgIpc) is 3.74. The number of aliphatic hydroxyl groups excluding tert-OH is 2. The smallest absolute Gasteiger partial charge is 0.308 e. The first-order chi connectivity index (χ1) is 43.1. The fraction of sp³-hybridized carbons (Fsp3) is 0.776. The number of carbonyl (C=O) groups is 4. The molecule has 2 atom stereocenters. The standard InChI is InChI=1S/C76H132N2O10/c1-5-8-11-14-17-20-23-26-29-32-35-38-41-44-47-53-71(80)85-65-76(66-86-72(81)54-48-45-42-39-36-33-30-27-24-21-18-15-12-9-6-2,67-87-73(82)55-49-46-43-40-37-34-31-28-25-22-19-16-13-10-7-3)88-74(83)60-62-77-63-69-56-58-70(59-57-69)75(84)78-61-51-50-52-68(4)64-79/h26-31,56-59,63,68,71,79-80H,5-25,32-55,60-62,64-67H2,1-4H3,(H,78,84). The van der Waals surface area contributed by atoms with Gasteiger partial charge in [-0.25, -0.2) is 0 Å². The number of aliphatic hydroxyl groups is 2. The molecular weight excluding hydrogens is 1100 g/mol. The number of aliphatic imine (C=N–C) groups is 1. The van der Waals surface area contributed by atoms with E-state index in [1.165, 1.54) is 116 Å². The Hall–Kier alpha value is -4.13. The maximum atomic E-state index is 13.8. The number of esters is 3. The molecule has 3 N–H and O–H groups in total. The number of benzene rings is 1. The van der Waals surface area contributed by atoms with Gasteiger partial charge in [-0.1, -0.05) is 237 Å². The quantitative estimate of drug-likeness (QED) is 0.0142. The Bertz CT molecular complexity index is 1840. The lowest BCUT2D eigenvalue weighted by molar-refractivity contribution is -0.210. The van der Waals surface area contributed by atoms with Crippen LogP contribution < -0.4 is 5.32 Å². The summed E-state index contributed by atoms with van der Waals surface area (Å²) in [6.45, 7) is 8.41. The molecule has 1 amide bonds. The second kappa shape index (κ2) is 61.7. The van der Waals surface area contributed by atoms with Crippen LogP contribution in [-0.4, -0.2) is 91.7 Å². The number of amides is 1. The van der Waals surface area contributed by atoms with Crippen molar-refractivity contribution in [2.45, 2.75) is 335 Å². The van der Waals surface area contributed by atoms with Crippen LogP contribution in [0.25, 0.3) is 0 Å². The molecular formula is C76H132N2O10. The number of rotatable bonds is 64. The normalized spacial score (nSPS) is 13.2. The van der Waals surface area contributed by atoms with Gasteiger partial charge in [0.15, 0.2) is 6.29 Å². The summed E-state index contributed by atoms with van der Waals surface area (Å²) in [5, 5.41) is 23.4. The predicted molar refractivity (Wildman–Crippen MR) is 367 cm³/mol. The molecule has 0 saturated heterocycles. The summed E-state index contributed by atoms with van der Waals surface area (Å²) in [5.74, 6) is -1.44. The van der Waals surface area contributed by atoms with Crippen molar-refractivity contribution in [1.82, 2.24) is 5.32 Å². The molecule has 1 rings (SSSR count). The number of carbonyl (C=O) groups excluding carboxylic acids is 4. The molecule has 0 aliphatic carbocycles. The minimum absolute atomic E-state index is 0.0789. The van der Waals surface area contributed by atoms with Crippen molar-refractivity contribution in [2.75, 3.05) is 39.5 Å². The number of unbranched alkanes of at least 4 members (excludes halogenated alkanes) is 34. The van der Waals surface area contributed by atoms with E-state index in [1.807, 2.05) is 6.92 Å². The van der Waals surface area contributed by atoms with E-state index >= 15 is 0 Å². The van der Waals surface area contributed by atoms with Crippen molar-refractivity contribution in [3.05, 3.63) is 71.8 Å². The van der Waals surface area contributed by atoms with E-state index in [0.717, 1.165) is 147 Å². The molecule has 0 aliphatic heterocycles. The number of allylic oxidation sites excluding steroid dienone is 6. The fourth-order valence-electron chi connectivity index (χ4n) is 10.5. The fourth-order valence-corrected chi connectivity index (χ4v) is 10.5. The van der Waals surface area contributed by atoms with Crippen LogP contribution in [0.4, 0.5) is 0 Å². The maximum Gasteiger partial charge on any atom is 0.308 e. The highest BCUT2D eigenvalue weighted by molar-refractivity contribution is 5.95. The first-order valence-electron chi connectivity index (χ1n) is 36.3. The van der Waals surface area contributed by atoms with E-state index in [-0.39, 0.29) is 50.8 Å². The van der Waals surface area contributed by atoms with Gasteiger partial charge in [-0.2, -0.15) is 0 Å². The molecule has 0 radical (unpaired) electrons. The topological polar surface area (TPSA) is 170 Å². The van der Waals surface area contributed by atoms with Crippen molar-refractivity contribution in [1.29, 1.82) is 0 Å². The largest absolute Gasteiger partial charge is 0.461 e. The second-order valence-electron chi connectivity index (χ2n) is 25.2. The van der Waals surface area contributed by atoms with E-state index in [0.29, 0.717) is 31.4 Å². The Morgan fingerprint density at radius 3 is 1.28 bits per heavy atom. The lowest BCUT2D eigenvalue weighted by Crippen LogP contribution is -2.50. The number of hydrogen-bond donors (Lipinski definition) is 3. The second-order valence-corrected chi connectivity index (χ2v) is 25.2. The van der Waals surface area contributed by atoms with Crippen LogP contribution in [0.2, 0.25) is 0 Å². The van der Waals surface area contributed by atoms with Gasteiger partial charge in [-0.15, -0.1) is 0 Å². The molecule has 0 aliphatic rings. The minimum atomic E-state index is -1.71. The molecule has 0 spiro atoms. The van der Waals surface area contributed by atoms with Crippen molar-refractivity contribution < 1.29 is 48.3 Å². The number of ether oxygens (including phenoxy) is 4. The third kappa shape index (κ3) is 52.6. The molecule has 0 aromatic heterocycles. The zero-order valence-electron chi connectivity index (χ0n) is 56.9. The predicted octanol–water partition coefficient (Wildman–Crippen LogP) is 19.8. The highest BCUT2D eigenvalue weighted by atomic mass is 16.7. The van der Waals surface area contributed by atoms with Crippen molar-refractivity contribution in [2.24, 2.45) is 10.9 Å². The first-order valence-corrected chi connectivity index (χ1v) is 36.3. The van der Waals surface area contributed by atoms with Gasteiger partial charge < -0.3 is 34.5 Å². The Kier molecular flexibility index (Phi) is 57.4. The zero-order chi connectivity index (χ0) is 63.9.